The molecule has 0 aliphatic carbocycles. The molecule has 0 aliphatic heterocycles. The minimum Gasteiger partial charge on any atom is -0.312 e. The maximum absolute atomic E-state index is 13.4. The van der Waals surface area contributed by atoms with E-state index in [1.807, 2.05) is 42.5 Å². The molecule has 0 spiro atoms. The van der Waals surface area contributed by atoms with Gasteiger partial charge in [0.05, 0.1) is 0 Å². The topological polar surface area (TPSA) is 12.0 Å². The number of hydrogen-bond acceptors (Lipinski definition) is 1. The number of nitrogens with one attached hydrogen (secondary N) is 1. The van der Waals surface area contributed by atoms with Gasteiger partial charge in [-0.05, 0) is 35.7 Å². The maximum atomic E-state index is 13.4. The van der Waals surface area contributed by atoms with Crippen molar-refractivity contribution in [1.82, 2.24) is 5.32 Å². The standard InChI is InChI=1S/C17H18FN/c1-14(15-7-3-2-4-8-15)13-19-12-11-16-9-5-6-10-17(16)18/h2-10,19H,1,11-13H2. The molecule has 0 saturated heterocycles. The Balaban J connectivity index is 1.76. The van der Waals surface area contributed by atoms with Crippen molar-refractivity contribution in [2.24, 2.45) is 0 Å². The molecule has 0 heterocycles. The van der Waals surface area contributed by atoms with Crippen LogP contribution in [-0.2, 0) is 6.42 Å². The third kappa shape index (κ3) is 4.04. The van der Waals surface area contributed by atoms with E-state index < -0.39 is 0 Å². The minimum absolute atomic E-state index is 0.133. The third-order valence-corrected chi connectivity index (χ3v) is 3.05. The molecule has 0 atom stereocenters. The molecular formula is C17H18FN. The Labute approximate surface area is 113 Å². The molecule has 98 valence electrons. The summed E-state index contributed by atoms with van der Waals surface area (Å²) in [5, 5.41) is 3.29. The van der Waals surface area contributed by atoms with Gasteiger partial charge < -0.3 is 5.32 Å². The van der Waals surface area contributed by atoms with Crippen LogP contribution in [0.1, 0.15) is 11.1 Å². The summed E-state index contributed by atoms with van der Waals surface area (Å²) in [6.45, 7) is 5.51. The average Bonchev–Trinajstić information content (AvgIpc) is 2.46. The van der Waals surface area contributed by atoms with Crippen molar-refractivity contribution in [2.75, 3.05) is 13.1 Å². The molecule has 2 heteroatoms. The molecule has 0 aromatic heterocycles. The van der Waals surface area contributed by atoms with Crippen LogP contribution in [0.3, 0.4) is 0 Å². The molecule has 0 radical (unpaired) electrons. The molecule has 1 nitrogen and oxygen atoms in total. The smallest absolute Gasteiger partial charge is 0.126 e. The molecule has 0 fully saturated rings. The van der Waals surface area contributed by atoms with Crippen molar-refractivity contribution in [2.45, 2.75) is 6.42 Å². The van der Waals surface area contributed by atoms with Crippen LogP contribution in [0.2, 0.25) is 0 Å². The first-order valence-corrected chi connectivity index (χ1v) is 6.44. The molecule has 2 rings (SSSR count). The average molecular weight is 255 g/mol. The first kappa shape index (κ1) is 13.5. The van der Waals surface area contributed by atoms with Gasteiger partial charge in [-0.1, -0.05) is 55.1 Å². The number of hydrogen-bond donors (Lipinski definition) is 1. The van der Waals surface area contributed by atoms with Gasteiger partial charge in [-0.15, -0.1) is 0 Å². The van der Waals surface area contributed by atoms with E-state index in [0.29, 0.717) is 6.42 Å². The summed E-state index contributed by atoms with van der Waals surface area (Å²) >= 11 is 0. The summed E-state index contributed by atoms with van der Waals surface area (Å²) in [5.41, 5.74) is 2.94. The van der Waals surface area contributed by atoms with Crippen LogP contribution in [0.15, 0.2) is 61.2 Å². The van der Waals surface area contributed by atoms with Crippen LogP contribution < -0.4 is 5.32 Å². The van der Waals surface area contributed by atoms with Crippen molar-refractivity contribution < 1.29 is 4.39 Å². The fourth-order valence-electron chi connectivity index (χ4n) is 1.94. The van der Waals surface area contributed by atoms with Gasteiger partial charge in [-0.2, -0.15) is 0 Å². The van der Waals surface area contributed by atoms with E-state index in [2.05, 4.69) is 11.9 Å². The van der Waals surface area contributed by atoms with Crippen LogP contribution in [-0.4, -0.2) is 13.1 Å². The van der Waals surface area contributed by atoms with E-state index in [1.54, 1.807) is 6.07 Å². The van der Waals surface area contributed by atoms with Crippen molar-refractivity contribution in [3.8, 4) is 0 Å². The predicted molar refractivity (Wildman–Crippen MR) is 78.4 cm³/mol. The zero-order valence-corrected chi connectivity index (χ0v) is 10.9. The van der Waals surface area contributed by atoms with Gasteiger partial charge in [0.2, 0.25) is 0 Å². The molecule has 0 unspecified atom stereocenters. The van der Waals surface area contributed by atoms with Crippen molar-refractivity contribution in [3.05, 3.63) is 78.1 Å². The third-order valence-electron chi connectivity index (χ3n) is 3.05. The normalized spacial score (nSPS) is 10.4. The van der Waals surface area contributed by atoms with Gasteiger partial charge in [0.25, 0.3) is 0 Å². The lowest BCUT2D eigenvalue weighted by molar-refractivity contribution is 0.603. The summed E-state index contributed by atoms with van der Waals surface area (Å²) in [4.78, 5) is 0. The first-order valence-electron chi connectivity index (χ1n) is 6.44. The highest BCUT2D eigenvalue weighted by molar-refractivity contribution is 5.64. The van der Waals surface area contributed by atoms with Gasteiger partial charge in [0.15, 0.2) is 0 Å². The Morgan fingerprint density at radius 2 is 1.68 bits per heavy atom. The lowest BCUT2D eigenvalue weighted by Crippen LogP contribution is -2.19. The highest BCUT2D eigenvalue weighted by atomic mass is 19.1. The monoisotopic (exact) mass is 255 g/mol. The van der Waals surface area contributed by atoms with Crippen molar-refractivity contribution in [1.29, 1.82) is 0 Å². The number of rotatable bonds is 6. The lowest BCUT2D eigenvalue weighted by Gasteiger charge is -2.08. The predicted octanol–water partition coefficient (Wildman–Crippen LogP) is 3.67. The van der Waals surface area contributed by atoms with Crippen molar-refractivity contribution in [3.63, 3.8) is 0 Å². The van der Waals surface area contributed by atoms with Gasteiger partial charge >= 0.3 is 0 Å². The highest BCUT2D eigenvalue weighted by Crippen LogP contribution is 2.10. The lowest BCUT2D eigenvalue weighted by atomic mass is 10.1. The SMILES string of the molecule is C=C(CNCCc1ccccc1F)c1ccccc1. The van der Waals surface area contributed by atoms with Crippen molar-refractivity contribution >= 4 is 5.57 Å². The zero-order valence-electron chi connectivity index (χ0n) is 10.9. The van der Waals surface area contributed by atoms with E-state index in [1.165, 1.54) is 6.07 Å². The Bertz CT molecular complexity index is 534. The molecule has 2 aromatic rings. The summed E-state index contributed by atoms with van der Waals surface area (Å²) in [5.74, 6) is -0.133. The minimum atomic E-state index is -0.133. The highest BCUT2D eigenvalue weighted by Gasteiger charge is 2.01. The molecule has 0 aliphatic rings. The fourth-order valence-corrected chi connectivity index (χ4v) is 1.94. The van der Waals surface area contributed by atoms with Crippen LogP contribution in [0.25, 0.3) is 5.57 Å². The second-order valence-electron chi connectivity index (χ2n) is 4.49. The summed E-state index contributed by atoms with van der Waals surface area (Å²) < 4.78 is 13.4. The van der Waals surface area contributed by atoms with E-state index in [-0.39, 0.29) is 5.82 Å². The number of halogens is 1. The molecule has 0 saturated carbocycles. The van der Waals surface area contributed by atoms with Gasteiger partial charge in [-0.25, -0.2) is 4.39 Å². The Hall–Kier alpha value is -1.93. The van der Waals surface area contributed by atoms with Crippen LogP contribution in [0.4, 0.5) is 4.39 Å². The van der Waals surface area contributed by atoms with E-state index in [0.717, 1.165) is 29.8 Å². The first-order chi connectivity index (χ1) is 9.27. The number of benzene rings is 2. The second-order valence-corrected chi connectivity index (χ2v) is 4.49. The van der Waals surface area contributed by atoms with Gasteiger partial charge in [-0.3, -0.25) is 0 Å². The second kappa shape index (κ2) is 6.86. The zero-order chi connectivity index (χ0) is 13.5. The Morgan fingerprint density at radius 3 is 2.42 bits per heavy atom. The van der Waals surface area contributed by atoms with Gasteiger partial charge in [0, 0.05) is 6.54 Å². The van der Waals surface area contributed by atoms with Crippen LogP contribution >= 0.6 is 0 Å². The Morgan fingerprint density at radius 1 is 1.00 bits per heavy atom. The largest absolute Gasteiger partial charge is 0.312 e. The summed E-state index contributed by atoms with van der Waals surface area (Å²) in [7, 11) is 0. The molecular weight excluding hydrogens is 237 g/mol. The molecule has 1 N–H and O–H groups in total. The molecule has 0 bridgehead atoms. The fraction of sp³-hybridized carbons (Fsp3) is 0.176. The van der Waals surface area contributed by atoms with Gasteiger partial charge in [0.1, 0.15) is 5.82 Å². The van der Waals surface area contributed by atoms with E-state index in [9.17, 15) is 4.39 Å². The molecule has 19 heavy (non-hydrogen) atoms. The van der Waals surface area contributed by atoms with Crippen LogP contribution in [0.5, 0.6) is 0 Å². The maximum Gasteiger partial charge on any atom is 0.126 e. The molecule has 0 amide bonds. The van der Waals surface area contributed by atoms with E-state index >= 15 is 0 Å². The van der Waals surface area contributed by atoms with E-state index in [4.69, 9.17) is 0 Å². The molecule has 2 aromatic carbocycles. The quantitative estimate of drug-likeness (QED) is 0.777. The Kier molecular flexibility index (Phi) is 4.87. The summed E-state index contributed by atoms with van der Waals surface area (Å²) in [6, 6.07) is 17.0. The summed E-state index contributed by atoms with van der Waals surface area (Å²) in [6.07, 6.45) is 0.689. The van der Waals surface area contributed by atoms with Crippen LogP contribution in [0, 0.1) is 5.82 Å².